The van der Waals surface area contributed by atoms with Crippen molar-refractivity contribution in [3.8, 4) is 0 Å². The Morgan fingerprint density at radius 2 is 2.33 bits per heavy atom. The van der Waals surface area contributed by atoms with Crippen LogP contribution in [-0.4, -0.2) is 17.6 Å². The van der Waals surface area contributed by atoms with Crippen LogP contribution in [-0.2, 0) is 0 Å². The van der Waals surface area contributed by atoms with Gasteiger partial charge < -0.3 is 10.4 Å². The van der Waals surface area contributed by atoms with Gasteiger partial charge in [0.15, 0.2) is 0 Å². The van der Waals surface area contributed by atoms with Gasteiger partial charge in [0, 0.05) is 6.04 Å². The maximum absolute atomic E-state index is 10.8. The van der Waals surface area contributed by atoms with Crippen LogP contribution in [0, 0.1) is 0 Å². The van der Waals surface area contributed by atoms with Crippen LogP contribution >= 0.6 is 11.6 Å². The molecular weight excluding hydrogens is 214 g/mol. The highest BCUT2D eigenvalue weighted by molar-refractivity contribution is 6.33. The topological polar surface area (TPSA) is 49.3 Å². The minimum atomic E-state index is -0.981. The highest BCUT2D eigenvalue weighted by atomic mass is 35.5. The van der Waals surface area contributed by atoms with Gasteiger partial charge in [-0.2, -0.15) is 0 Å². The van der Waals surface area contributed by atoms with E-state index < -0.39 is 5.97 Å². The molecule has 1 atom stereocenters. The molecule has 0 radical (unpaired) electrons. The molecule has 1 aromatic carbocycles. The van der Waals surface area contributed by atoms with Crippen molar-refractivity contribution in [3.05, 3.63) is 34.3 Å². The summed E-state index contributed by atoms with van der Waals surface area (Å²) in [6.45, 7) is 1.02. The number of hydrogen-bond acceptors (Lipinski definition) is 2. The van der Waals surface area contributed by atoms with Crippen LogP contribution < -0.4 is 5.32 Å². The van der Waals surface area contributed by atoms with Crippen LogP contribution in [0.2, 0.25) is 5.02 Å². The molecule has 3 nitrogen and oxygen atoms in total. The first-order chi connectivity index (χ1) is 7.18. The molecule has 0 spiro atoms. The minimum absolute atomic E-state index is 0.165. The Balaban J connectivity index is 2.28. The number of hydrogen-bond donors (Lipinski definition) is 2. The van der Waals surface area contributed by atoms with Crippen molar-refractivity contribution in [1.29, 1.82) is 0 Å². The number of carbonyl (C=O) groups is 1. The van der Waals surface area contributed by atoms with Crippen molar-refractivity contribution in [1.82, 2.24) is 5.32 Å². The highest BCUT2D eigenvalue weighted by Crippen LogP contribution is 2.27. The van der Waals surface area contributed by atoms with Crippen LogP contribution in [0.1, 0.15) is 34.8 Å². The Kier molecular flexibility index (Phi) is 2.93. The number of carboxylic acids is 1. The molecule has 0 unspecified atom stereocenters. The summed E-state index contributed by atoms with van der Waals surface area (Å²) in [5.41, 5.74) is 1.24. The Hall–Kier alpha value is -1.06. The van der Waals surface area contributed by atoms with E-state index in [1.54, 1.807) is 12.1 Å². The maximum atomic E-state index is 10.8. The van der Waals surface area contributed by atoms with Gasteiger partial charge in [-0.1, -0.05) is 17.7 Å². The van der Waals surface area contributed by atoms with E-state index in [0.717, 1.165) is 24.9 Å². The summed E-state index contributed by atoms with van der Waals surface area (Å²) in [6.07, 6.45) is 2.24. The standard InChI is InChI=1S/C11H12ClNO2/c12-9-6-7(10-2-1-5-13-10)3-4-8(9)11(14)15/h3-4,6,10,13H,1-2,5H2,(H,14,15)/t10-/m1/s1. The molecule has 2 N–H and O–H groups in total. The lowest BCUT2D eigenvalue weighted by Crippen LogP contribution is -2.13. The maximum Gasteiger partial charge on any atom is 0.337 e. The summed E-state index contributed by atoms with van der Waals surface area (Å²) in [6, 6.07) is 5.47. The van der Waals surface area contributed by atoms with Gasteiger partial charge in [0.1, 0.15) is 0 Å². The average Bonchev–Trinajstić information content (AvgIpc) is 2.69. The molecule has 1 heterocycles. The fraction of sp³-hybridized carbons (Fsp3) is 0.364. The molecule has 1 aliphatic rings. The molecule has 1 aliphatic heterocycles. The minimum Gasteiger partial charge on any atom is -0.478 e. The molecule has 1 saturated heterocycles. The Morgan fingerprint density at radius 3 is 2.87 bits per heavy atom. The van der Waals surface area contributed by atoms with E-state index in [4.69, 9.17) is 16.7 Å². The van der Waals surface area contributed by atoms with E-state index in [1.807, 2.05) is 6.07 Å². The number of rotatable bonds is 2. The first kappa shape index (κ1) is 10.5. The van der Waals surface area contributed by atoms with Crippen LogP contribution in [0.4, 0.5) is 0 Å². The summed E-state index contributed by atoms with van der Waals surface area (Å²) >= 11 is 5.89. The predicted octanol–water partition coefficient (Wildman–Crippen LogP) is 2.46. The SMILES string of the molecule is O=C(O)c1ccc([C@H]2CCCN2)cc1Cl. The van der Waals surface area contributed by atoms with Crippen molar-refractivity contribution in [2.75, 3.05) is 6.54 Å². The molecule has 1 fully saturated rings. The Morgan fingerprint density at radius 1 is 1.53 bits per heavy atom. The van der Waals surface area contributed by atoms with Crippen LogP contribution in [0.25, 0.3) is 0 Å². The fourth-order valence-electron chi connectivity index (χ4n) is 1.89. The molecule has 0 aliphatic carbocycles. The van der Waals surface area contributed by atoms with Crippen LogP contribution in [0.3, 0.4) is 0 Å². The summed E-state index contributed by atoms with van der Waals surface area (Å²) in [5.74, 6) is -0.981. The Labute approximate surface area is 93.1 Å². The van der Waals surface area contributed by atoms with E-state index in [9.17, 15) is 4.79 Å². The molecule has 1 aromatic rings. The zero-order valence-corrected chi connectivity index (χ0v) is 8.92. The molecule has 0 bridgehead atoms. The molecule has 0 saturated carbocycles. The monoisotopic (exact) mass is 225 g/mol. The van der Waals surface area contributed by atoms with Crippen molar-refractivity contribution in [2.24, 2.45) is 0 Å². The average molecular weight is 226 g/mol. The van der Waals surface area contributed by atoms with Gasteiger partial charge in [0.05, 0.1) is 10.6 Å². The van der Waals surface area contributed by atoms with Crippen LogP contribution in [0.5, 0.6) is 0 Å². The largest absolute Gasteiger partial charge is 0.478 e. The van der Waals surface area contributed by atoms with Crippen molar-refractivity contribution >= 4 is 17.6 Å². The predicted molar refractivity (Wildman–Crippen MR) is 58.4 cm³/mol. The van der Waals surface area contributed by atoms with Crippen LogP contribution in [0.15, 0.2) is 18.2 Å². The van der Waals surface area contributed by atoms with Crippen molar-refractivity contribution in [3.63, 3.8) is 0 Å². The number of benzene rings is 1. The normalized spacial score (nSPS) is 20.5. The molecule has 4 heteroatoms. The number of halogens is 1. The first-order valence-corrected chi connectivity index (χ1v) is 5.32. The summed E-state index contributed by atoms with van der Waals surface area (Å²) in [4.78, 5) is 10.8. The van der Waals surface area contributed by atoms with Crippen molar-refractivity contribution < 1.29 is 9.90 Å². The molecule has 0 amide bonds. The Bertz CT molecular complexity index is 386. The van der Waals surface area contributed by atoms with E-state index >= 15 is 0 Å². The third-order valence-corrected chi connectivity index (χ3v) is 3.00. The van der Waals surface area contributed by atoms with Crippen molar-refractivity contribution in [2.45, 2.75) is 18.9 Å². The lowest BCUT2D eigenvalue weighted by atomic mass is 10.0. The van der Waals surface area contributed by atoms with Gasteiger partial charge in [0.25, 0.3) is 0 Å². The molecule has 80 valence electrons. The van der Waals surface area contributed by atoms with Gasteiger partial charge >= 0.3 is 5.97 Å². The van der Waals surface area contributed by atoms with Gasteiger partial charge in [-0.05, 0) is 37.1 Å². The quantitative estimate of drug-likeness (QED) is 0.813. The summed E-state index contributed by atoms with van der Waals surface area (Å²) < 4.78 is 0. The fourth-order valence-corrected chi connectivity index (χ4v) is 2.16. The van der Waals surface area contributed by atoms with E-state index in [2.05, 4.69) is 5.32 Å². The van der Waals surface area contributed by atoms with E-state index in [-0.39, 0.29) is 5.56 Å². The second kappa shape index (κ2) is 4.21. The lowest BCUT2D eigenvalue weighted by Gasteiger charge is -2.11. The number of aromatic carboxylic acids is 1. The van der Waals surface area contributed by atoms with Gasteiger partial charge in [0.2, 0.25) is 0 Å². The van der Waals surface area contributed by atoms with E-state index in [0.29, 0.717) is 11.1 Å². The highest BCUT2D eigenvalue weighted by Gasteiger charge is 2.18. The first-order valence-electron chi connectivity index (χ1n) is 4.94. The van der Waals surface area contributed by atoms with Gasteiger partial charge in [-0.3, -0.25) is 0 Å². The molecule has 0 aromatic heterocycles. The summed E-state index contributed by atoms with van der Waals surface area (Å²) in [7, 11) is 0. The molecule has 15 heavy (non-hydrogen) atoms. The zero-order chi connectivity index (χ0) is 10.8. The molecular formula is C11H12ClNO2. The lowest BCUT2D eigenvalue weighted by molar-refractivity contribution is 0.0697. The number of carboxylic acid groups (broad SMARTS) is 1. The second-order valence-electron chi connectivity index (χ2n) is 3.69. The summed E-state index contributed by atoms with van der Waals surface area (Å²) in [5, 5.41) is 12.5. The zero-order valence-electron chi connectivity index (χ0n) is 8.16. The third-order valence-electron chi connectivity index (χ3n) is 2.69. The van der Waals surface area contributed by atoms with E-state index in [1.165, 1.54) is 0 Å². The second-order valence-corrected chi connectivity index (χ2v) is 4.10. The molecule has 2 rings (SSSR count). The smallest absolute Gasteiger partial charge is 0.337 e. The van der Waals surface area contributed by atoms with Gasteiger partial charge in [-0.25, -0.2) is 4.79 Å². The number of nitrogens with one attached hydrogen (secondary N) is 1. The third kappa shape index (κ3) is 2.13. The van der Waals surface area contributed by atoms with Gasteiger partial charge in [-0.15, -0.1) is 0 Å².